The summed E-state index contributed by atoms with van der Waals surface area (Å²) in [5, 5.41) is 1.04. The lowest BCUT2D eigenvalue weighted by Gasteiger charge is -2.13. The zero-order valence-corrected chi connectivity index (χ0v) is 20.9. The van der Waals surface area contributed by atoms with E-state index in [4.69, 9.17) is 51.1 Å². The Morgan fingerprint density at radius 1 is 0.882 bits per heavy atom. The molecule has 172 valence electrons. The molecule has 0 unspecified atom stereocenters. The van der Waals surface area contributed by atoms with Gasteiger partial charge in [0.05, 0.1) is 22.0 Å². The van der Waals surface area contributed by atoms with Crippen molar-refractivity contribution in [2.75, 3.05) is 0 Å². The molecule has 3 aromatic rings. The molecule has 34 heavy (non-hydrogen) atoms. The lowest BCUT2D eigenvalue weighted by molar-refractivity contribution is -0.123. The van der Waals surface area contributed by atoms with Crippen LogP contribution < -0.4 is 4.74 Å². The van der Waals surface area contributed by atoms with Crippen LogP contribution in [0, 0.1) is 0 Å². The number of rotatable bonds is 5. The average molecular weight is 553 g/mol. The number of thioether (sulfide) groups is 1. The van der Waals surface area contributed by atoms with Gasteiger partial charge in [0.15, 0.2) is 0 Å². The highest BCUT2D eigenvalue weighted by Gasteiger charge is 2.35. The summed E-state index contributed by atoms with van der Waals surface area (Å²) in [6.07, 6.45) is 1.59. The molecule has 0 spiro atoms. The molecule has 0 radical (unpaired) electrons. The predicted molar refractivity (Wildman–Crippen MR) is 136 cm³/mol. The topological polar surface area (TPSA) is 63.7 Å². The van der Waals surface area contributed by atoms with E-state index in [1.165, 1.54) is 12.1 Å². The van der Waals surface area contributed by atoms with E-state index < -0.39 is 17.1 Å². The molecular formula is C24H13Cl4NO4S. The molecule has 1 aliphatic heterocycles. The van der Waals surface area contributed by atoms with Gasteiger partial charge in [-0.15, -0.1) is 0 Å². The van der Waals surface area contributed by atoms with Crippen molar-refractivity contribution in [1.82, 2.24) is 4.90 Å². The minimum atomic E-state index is -0.628. The zero-order chi connectivity index (χ0) is 24.4. The first kappa shape index (κ1) is 24.6. The lowest BCUT2D eigenvalue weighted by atomic mass is 10.2. The second-order valence-corrected chi connectivity index (χ2v) is 9.77. The zero-order valence-electron chi connectivity index (χ0n) is 17.1. The normalized spacial score (nSPS) is 14.7. The van der Waals surface area contributed by atoms with E-state index >= 15 is 0 Å². The first-order valence-corrected chi connectivity index (χ1v) is 12.0. The molecule has 0 N–H and O–H groups in total. The number of hydrogen-bond acceptors (Lipinski definition) is 5. The Labute approximate surface area is 219 Å². The van der Waals surface area contributed by atoms with Crippen LogP contribution in [0.5, 0.6) is 5.75 Å². The minimum absolute atomic E-state index is 0.0418. The van der Waals surface area contributed by atoms with Gasteiger partial charge in [-0.2, -0.15) is 0 Å². The third kappa shape index (κ3) is 5.59. The Bertz CT molecular complexity index is 1340. The van der Waals surface area contributed by atoms with Crippen LogP contribution in [-0.2, 0) is 11.3 Å². The molecule has 0 aliphatic carbocycles. The van der Waals surface area contributed by atoms with Crippen LogP contribution >= 0.6 is 58.2 Å². The maximum atomic E-state index is 12.8. The third-order valence-corrected chi connectivity index (χ3v) is 6.80. The van der Waals surface area contributed by atoms with Gasteiger partial charge in [0.25, 0.3) is 11.1 Å². The largest absolute Gasteiger partial charge is 0.423 e. The van der Waals surface area contributed by atoms with Crippen LogP contribution in [0.4, 0.5) is 4.79 Å². The summed E-state index contributed by atoms with van der Waals surface area (Å²) >= 11 is 24.8. The standard InChI is InChI=1S/C24H13Cl4NO4S/c25-15-4-3-14(19(27)10-15)12-29-22(30)21(34-24(29)32)9-13-1-6-17(7-2-13)33-23(31)18-8-5-16(26)11-20(18)28/h1-11H,12H2/b21-9-. The summed E-state index contributed by atoms with van der Waals surface area (Å²) in [6.45, 7) is 0.0418. The SMILES string of the molecule is O=C(Oc1ccc(/C=C2\SC(=O)N(Cc3ccc(Cl)cc3Cl)C2=O)cc1)c1ccc(Cl)cc1Cl. The van der Waals surface area contributed by atoms with E-state index in [1.54, 1.807) is 54.6 Å². The number of carbonyl (C=O) groups is 3. The molecule has 10 heteroatoms. The van der Waals surface area contributed by atoms with E-state index in [2.05, 4.69) is 0 Å². The van der Waals surface area contributed by atoms with E-state index in [9.17, 15) is 14.4 Å². The van der Waals surface area contributed by atoms with Crippen LogP contribution in [0.15, 0.2) is 65.6 Å². The second kappa shape index (κ2) is 10.4. The predicted octanol–water partition coefficient (Wildman–Crippen LogP) is 7.76. The smallest absolute Gasteiger partial charge is 0.345 e. The van der Waals surface area contributed by atoms with Crippen LogP contribution in [-0.4, -0.2) is 22.0 Å². The molecule has 0 saturated carbocycles. The van der Waals surface area contributed by atoms with Gasteiger partial charge in [0, 0.05) is 15.1 Å². The Morgan fingerprint density at radius 2 is 1.53 bits per heavy atom. The van der Waals surface area contributed by atoms with Crippen LogP contribution in [0.1, 0.15) is 21.5 Å². The molecule has 4 rings (SSSR count). The average Bonchev–Trinajstić information content (AvgIpc) is 3.04. The summed E-state index contributed by atoms with van der Waals surface area (Å²) in [5.41, 5.74) is 1.45. The van der Waals surface area contributed by atoms with Crippen LogP contribution in [0.25, 0.3) is 6.08 Å². The van der Waals surface area contributed by atoms with Gasteiger partial charge in [-0.3, -0.25) is 14.5 Å². The Kier molecular flexibility index (Phi) is 7.55. The van der Waals surface area contributed by atoms with Gasteiger partial charge in [0.2, 0.25) is 0 Å². The van der Waals surface area contributed by atoms with Gasteiger partial charge < -0.3 is 4.74 Å². The van der Waals surface area contributed by atoms with E-state index in [1.807, 2.05) is 0 Å². The molecule has 1 heterocycles. The molecule has 1 fully saturated rings. The van der Waals surface area contributed by atoms with Crippen molar-refractivity contribution in [2.45, 2.75) is 6.54 Å². The molecular weight excluding hydrogens is 540 g/mol. The maximum Gasteiger partial charge on any atom is 0.345 e. The Morgan fingerprint density at radius 3 is 2.18 bits per heavy atom. The summed E-state index contributed by atoms with van der Waals surface area (Å²) in [7, 11) is 0. The Hall–Kier alpha value is -2.48. The number of ether oxygens (including phenoxy) is 1. The third-order valence-electron chi connectivity index (χ3n) is 4.76. The molecule has 1 saturated heterocycles. The quantitative estimate of drug-likeness (QED) is 0.184. The highest BCUT2D eigenvalue weighted by molar-refractivity contribution is 8.18. The van der Waals surface area contributed by atoms with Gasteiger partial charge in [-0.05, 0) is 71.4 Å². The van der Waals surface area contributed by atoms with Gasteiger partial charge in [0.1, 0.15) is 5.75 Å². The van der Waals surface area contributed by atoms with Crippen LogP contribution in [0.3, 0.4) is 0 Å². The van der Waals surface area contributed by atoms with Crippen molar-refractivity contribution in [3.8, 4) is 5.75 Å². The van der Waals surface area contributed by atoms with Crippen molar-refractivity contribution < 1.29 is 19.1 Å². The number of amides is 2. The Balaban J connectivity index is 1.45. The summed E-state index contributed by atoms with van der Waals surface area (Å²) in [5.74, 6) is -0.760. The van der Waals surface area contributed by atoms with Crippen molar-refractivity contribution >= 4 is 81.4 Å². The van der Waals surface area contributed by atoms with E-state index in [-0.39, 0.29) is 22.0 Å². The van der Waals surface area contributed by atoms with Crippen molar-refractivity contribution in [2.24, 2.45) is 0 Å². The van der Waals surface area contributed by atoms with Crippen molar-refractivity contribution in [1.29, 1.82) is 0 Å². The fraction of sp³-hybridized carbons (Fsp3) is 0.0417. The number of nitrogens with zero attached hydrogens (tertiary/aromatic N) is 1. The number of benzene rings is 3. The van der Waals surface area contributed by atoms with Crippen molar-refractivity contribution in [3.05, 3.63) is 102 Å². The molecule has 0 aromatic heterocycles. The fourth-order valence-corrected chi connectivity index (χ4v) is 4.85. The molecule has 1 aliphatic rings. The summed E-state index contributed by atoms with van der Waals surface area (Å²) in [6, 6.07) is 15.8. The fourth-order valence-electron chi connectivity index (χ4n) is 3.06. The number of imide groups is 1. The second-order valence-electron chi connectivity index (χ2n) is 7.09. The maximum absolute atomic E-state index is 12.8. The van der Waals surface area contributed by atoms with E-state index in [0.29, 0.717) is 31.9 Å². The number of carbonyl (C=O) groups excluding carboxylic acids is 3. The molecule has 3 aromatic carbocycles. The first-order valence-electron chi connectivity index (χ1n) is 9.68. The number of esters is 1. The minimum Gasteiger partial charge on any atom is -0.423 e. The molecule has 0 atom stereocenters. The lowest BCUT2D eigenvalue weighted by Crippen LogP contribution is -2.27. The van der Waals surface area contributed by atoms with Gasteiger partial charge in [-0.25, -0.2) is 4.79 Å². The molecule has 5 nitrogen and oxygen atoms in total. The highest BCUT2D eigenvalue weighted by atomic mass is 35.5. The monoisotopic (exact) mass is 551 g/mol. The van der Waals surface area contributed by atoms with Crippen molar-refractivity contribution in [3.63, 3.8) is 0 Å². The van der Waals surface area contributed by atoms with E-state index in [0.717, 1.165) is 16.7 Å². The molecule has 2 amide bonds. The first-order chi connectivity index (χ1) is 16.2. The van der Waals surface area contributed by atoms with Gasteiger partial charge >= 0.3 is 5.97 Å². The summed E-state index contributed by atoms with van der Waals surface area (Å²) < 4.78 is 5.34. The molecule has 0 bridgehead atoms. The number of hydrogen-bond donors (Lipinski definition) is 0. The summed E-state index contributed by atoms with van der Waals surface area (Å²) in [4.78, 5) is 38.9. The number of halogens is 4. The van der Waals surface area contributed by atoms with Crippen LogP contribution in [0.2, 0.25) is 20.1 Å². The van der Waals surface area contributed by atoms with Gasteiger partial charge in [-0.1, -0.05) is 64.6 Å². The highest BCUT2D eigenvalue weighted by Crippen LogP contribution is 2.35.